The van der Waals surface area contributed by atoms with Gasteiger partial charge in [0.15, 0.2) is 0 Å². The molecule has 1 atom stereocenters. The van der Waals surface area contributed by atoms with E-state index in [0.717, 1.165) is 45.3 Å². The van der Waals surface area contributed by atoms with Crippen LogP contribution in [0.5, 0.6) is 6.01 Å². The van der Waals surface area contributed by atoms with Crippen molar-refractivity contribution < 1.29 is 24.1 Å². The summed E-state index contributed by atoms with van der Waals surface area (Å²) in [5.41, 5.74) is 6.59. The van der Waals surface area contributed by atoms with Crippen LogP contribution in [0.2, 0.25) is 0 Å². The molecule has 2 heterocycles. The molecule has 1 aliphatic rings. The second-order valence-electron chi connectivity index (χ2n) is 10.2. The van der Waals surface area contributed by atoms with Crippen LogP contribution in [-0.2, 0) is 11.4 Å². The molecule has 9 heteroatoms. The van der Waals surface area contributed by atoms with E-state index in [1.165, 1.54) is 32.1 Å². The second kappa shape index (κ2) is 18.6. The molecule has 1 unspecified atom stereocenters. The van der Waals surface area contributed by atoms with E-state index in [9.17, 15) is 9.18 Å². The maximum atomic E-state index is 14.3. The molecule has 0 bridgehead atoms. The Balaban J connectivity index is 0.000000326. The summed E-state index contributed by atoms with van der Waals surface area (Å²) in [6.07, 6.45) is 14.4. The lowest BCUT2D eigenvalue weighted by Gasteiger charge is -2.30. The van der Waals surface area contributed by atoms with E-state index in [4.69, 9.17) is 20.7 Å². The first-order valence-electron chi connectivity index (χ1n) is 14.4. The van der Waals surface area contributed by atoms with Gasteiger partial charge in [0, 0.05) is 29.1 Å². The largest absolute Gasteiger partial charge is 0.480 e. The van der Waals surface area contributed by atoms with E-state index in [2.05, 4.69) is 28.7 Å². The van der Waals surface area contributed by atoms with Crippen molar-refractivity contribution in [3.8, 4) is 17.1 Å². The molecule has 1 aromatic carbocycles. The minimum Gasteiger partial charge on any atom is -0.480 e. The predicted molar refractivity (Wildman–Crippen MR) is 152 cm³/mol. The van der Waals surface area contributed by atoms with Gasteiger partial charge >= 0.3 is 12.0 Å². The molecule has 39 heavy (non-hydrogen) atoms. The molecule has 0 aliphatic carbocycles. The van der Waals surface area contributed by atoms with Crippen molar-refractivity contribution in [1.82, 2.24) is 14.9 Å². The topological polar surface area (TPSA) is 122 Å². The Kier molecular flexibility index (Phi) is 15.6. The van der Waals surface area contributed by atoms with Crippen molar-refractivity contribution in [1.29, 1.82) is 0 Å². The summed E-state index contributed by atoms with van der Waals surface area (Å²) in [5, 5.41) is 17.7. The molecule has 1 aromatic heterocycles. The number of hydrogen-bond donors (Lipinski definition) is 3. The summed E-state index contributed by atoms with van der Waals surface area (Å²) >= 11 is 0. The zero-order chi connectivity index (χ0) is 28.5. The quantitative estimate of drug-likeness (QED) is 0.253. The number of carbonyl (C=O) groups is 1. The van der Waals surface area contributed by atoms with Crippen molar-refractivity contribution in [2.24, 2.45) is 11.7 Å². The minimum absolute atomic E-state index is 0.260. The number of aromatic nitrogens is 2. The van der Waals surface area contributed by atoms with E-state index < -0.39 is 17.8 Å². The van der Waals surface area contributed by atoms with Crippen molar-refractivity contribution in [2.75, 3.05) is 26.2 Å². The number of likely N-dealkylation sites (tertiary alicyclic amines) is 1. The highest BCUT2D eigenvalue weighted by atomic mass is 19.1. The van der Waals surface area contributed by atoms with Crippen LogP contribution in [-0.4, -0.2) is 63.3 Å². The fourth-order valence-corrected chi connectivity index (χ4v) is 4.56. The molecule has 0 radical (unpaired) electrons. The van der Waals surface area contributed by atoms with Gasteiger partial charge in [-0.25, -0.2) is 14.4 Å². The van der Waals surface area contributed by atoms with Crippen LogP contribution in [0.25, 0.3) is 11.1 Å². The zero-order valence-corrected chi connectivity index (χ0v) is 23.7. The van der Waals surface area contributed by atoms with Gasteiger partial charge in [0.2, 0.25) is 0 Å². The summed E-state index contributed by atoms with van der Waals surface area (Å²) in [5.74, 6) is -0.786. The SMILES string of the molecule is CCCCCCCCCC(N)C(=O)O.CCN1CCC(COc2ncc(-c3cccc(CO)c3F)cn2)CC1. The molecular formula is C30H47FN4O4. The zero-order valence-electron chi connectivity index (χ0n) is 23.7. The number of aliphatic carboxylic acids is 1. The van der Waals surface area contributed by atoms with Crippen molar-refractivity contribution >= 4 is 5.97 Å². The molecule has 0 saturated carbocycles. The van der Waals surface area contributed by atoms with Gasteiger partial charge in [0.05, 0.1) is 13.2 Å². The monoisotopic (exact) mass is 546 g/mol. The van der Waals surface area contributed by atoms with Crippen LogP contribution in [0, 0.1) is 11.7 Å². The number of piperidine rings is 1. The lowest BCUT2D eigenvalue weighted by atomic mass is 9.98. The number of unbranched alkanes of at least 4 members (excludes halogenated alkanes) is 6. The van der Waals surface area contributed by atoms with Crippen LogP contribution >= 0.6 is 0 Å². The van der Waals surface area contributed by atoms with Crippen LogP contribution in [0.4, 0.5) is 4.39 Å². The maximum Gasteiger partial charge on any atom is 0.320 e. The van der Waals surface area contributed by atoms with Gasteiger partial charge in [-0.05, 0) is 44.8 Å². The number of aliphatic hydroxyl groups is 1. The number of halogens is 1. The van der Waals surface area contributed by atoms with E-state index >= 15 is 0 Å². The molecule has 3 rings (SSSR count). The highest BCUT2D eigenvalue weighted by molar-refractivity contribution is 5.72. The molecule has 8 nitrogen and oxygen atoms in total. The predicted octanol–water partition coefficient (Wildman–Crippen LogP) is 5.42. The Morgan fingerprint density at radius 2 is 1.74 bits per heavy atom. The number of ether oxygens (including phenoxy) is 1. The van der Waals surface area contributed by atoms with E-state index in [1.807, 2.05) is 0 Å². The van der Waals surface area contributed by atoms with Crippen molar-refractivity contribution in [3.63, 3.8) is 0 Å². The van der Waals surface area contributed by atoms with Gasteiger partial charge in [-0.2, -0.15) is 0 Å². The van der Waals surface area contributed by atoms with Crippen LogP contribution < -0.4 is 10.5 Å². The number of nitrogens with two attached hydrogens (primary N) is 1. The number of nitrogens with zero attached hydrogens (tertiary/aromatic N) is 3. The molecule has 1 fully saturated rings. The molecule has 4 N–H and O–H groups in total. The third kappa shape index (κ3) is 12.0. The van der Waals surface area contributed by atoms with E-state index in [-0.39, 0.29) is 12.2 Å². The van der Waals surface area contributed by atoms with Crippen LogP contribution in [0.1, 0.15) is 83.6 Å². The van der Waals surface area contributed by atoms with E-state index in [0.29, 0.717) is 36.1 Å². The Hall–Kier alpha value is -2.62. The van der Waals surface area contributed by atoms with Gasteiger partial charge in [0.1, 0.15) is 11.9 Å². The normalized spacial score (nSPS) is 14.9. The maximum absolute atomic E-state index is 14.3. The van der Waals surface area contributed by atoms with Crippen molar-refractivity contribution in [3.05, 3.63) is 42.0 Å². The highest BCUT2D eigenvalue weighted by Gasteiger charge is 2.19. The summed E-state index contributed by atoms with van der Waals surface area (Å²) in [6.45, 7) is 8.00. The average Bonchev–Trinajstić information content (AvgIpc) is 2.96. The molecule has 2 aromatic rings. The first-order chi connectivity index (χ1) is 18.9. The molecule has 218 valence electrons. The lowest BCUT2D eigenvalue weighted by Crippen LogP contribution is -2.35. The van der Waals surface area contributed by atoms with Crippen molar-refractivity contribution in [2.45, 2.75) is 90.7 Å². The Morgan fingerprint density at radius 3 is 2.33 bits per heavy atom. The van der Waals surface area contributed by atoms with E-state index in [1.54, 1.807) is 30.6 Å². The van der Waals surface area contributed by atoms with Gasteiger partial charge in [-0.15, -0.1) is 0 Å². The Morgan fingerprint density at radius 1 is 1.10 bits per heavy atom. The third-order valence-electron chi connectivity index (χ3n) is 7.23. The lowest BCUT2D eigenvalue weighted by molar-refractivity contribution is -0.138. The molecule has 0 amide bonds. The fraction of sp³-hybridized carbons (Fsp3) is 0.633. The standard InChI is InChI=1S/C19H24FN3O2.C11H23NO2/c1-2-23-8-6-14(7-9-23)13-25-19-21-10-16(11-22-19)17-5-3-4-15(12-24)18(17)20;1-2-3-4-5-6-7-8-9-10(12)11(13)14/h3-5,10-11,14,24H,2,6-9,12-13H2,1H3;10H,2-9,12H2,1H3,(H,13,14). The smallest absolute Gasteiger partial charge is 0.320 e. The second-order valence-corrected chi connectivity index (χ2v) is 10.2. The summed E-state index contributed by atoms with van der Waals surface area (Å²) in [7, 11) is 0. The summed E-state index contributed by atoms with van der Waals surface area (Å²) in [4.78, 5) is 21.2. The van der Waals surface area contributed by atoms with Gasteiger partial charge in [-0.3, -0.25) is 4.79 Å². The number of hydrogen-bond acceptors (Lipinski definition) is 7. The number of rotatable bonds is 15. The van der Waals surface area contributed by atoms with Gasteiger partial charge < -0.3 is 25.6 Å². The number of carboxylic acid groups (broad SMARTS) is 1. The van der Waals surface area contributed by atoms with Crippen LogP contribution in [0.3, 0.4) is 0 Å². The Labute approximate surface area is 232 Å². The third-order valence-corrected chi connectivity index (χ3v) is 7.23. The number of benzene rings is 1. The summed E-state index contributed by atoms with van der Waals surface area (Å²) < 4.78 is 20.0. The fourth-order valence-electron chi connectivity index (χ4n) is 4.56. The Bertz CT molecular complexity index is 952. The minimum atomic E-state index is -0.879. The number of carboxylic acids is 1. The number of aliphatic hydroxyl groups excluding tert-OH is 1. The summed E-state index contributed by atoms with van der Waals surface area (Å²) in [6, 6.07) is 4.57. The molecule has 1 aliphatic heterocycles. The highest BCUT2D eigenvalue weighted by Crippen LogP contribution is 2.25. The first kappa shape index (κ1) is 32.6. The average molecular weight is 547 g/mol. The first-order valence-corrected chi connectivity index (χ1v) is 14.4. The van der Waals surface area contributed by atoms with Gasteiger partial charge in [-0.1, -0.05) is 77.0 Å². The van der Waals surface area contributed by atoms with Gasteiger partial charge in [0.25, 0.3) is 0 Å². The molecule has 0 spiro atoms. The van der Waals surface area contributed by atoms with Crippen LogP contribution in [0.15, 0.2) is 30.6 Å². The molecular weight excluding hydrogens is 499 g/mol. The molecule has 1 saturated heterocycles.